The molecule has 0 radical (unpaired) electrons. The van der Waals surface area contributed by atoms with Crippen LogP contribution in [0.3, 0.4) is 0 Å². The zero-order chi connectivity index (χ0) is 13.7. The van der Waals surface area contributed by atoms with Crippen molar-refractivity contribution in [2.75, 3.05) is 10.7 Å². The SMILES string of the molecule is Cc1cc(C)cc(NC(=S)NNc2ccccc2)c1. The lowest BCUT2D eigenvalue weighted by Crippen LogP contribution is -2.33. The van der Waals surface area contributed by atoms with Gasteiger partial charge in [-0.1, -0.05) is 24.3 Å². The summed E-state index contributed by atoms with van der Waals surface area (Å²) in [5.41, 5.74) is 10.4. The summed E-state index contributed by atoms with van der Waals surface area (Å²) >= 11 is 5.24. The molecule has 0 atom stereocenters. The van der Waals surface area contributed by atoms with Crippen molar-refractivity contribution in [3.05, 3.63) is 59.7 Å². The van der Waals surface area contributed by atoms with E-state index in [1.807, 2.05) is 30.3 Å². The standard InChI is InChI=1S/C15H17N3S/c1-11-8-12(2)10-14(9-11)16-15(19)18-17-13-6-4-3-5-7-13/h3-10,17H,1-2H3,(H2,16,18,19). The molecule has 2 aromatic rings. The Hall–Kier alpha value is -2.07. The lowest BCUT2D eigenvalue weighted by Gasteiger charge is -2.13. The summed E-state index contributed by atoms with van der Waals surface area (Å²) in [5.74, 6) is 0. The summed E-state index contributed by atoms with van der Waals surface area (Å²) in [7, 11) is 0. The van der Waals surface area contributed by atoms with Crippen LogP contribution in [0.5, 0.6) is 0 Å². The van der Waals surface area contributed by atoms with Crippen molar-refractivity contribution >= 4 is 28.7 Å². The van der Waals surface area contributed by atoms with Gasteiger partial charge < -0.3 is 5.32 Å². The molecule has 0 aromatic heterocycles. The van der Waals surface area contributed by atoms with Gasteiger partial charge in [0.25, 0.3) is 0 Å². The molecule has 2 rings (SSSR count). The second-order valence-corrected chi connectivity index (χ2v) is 4.85. The number of hydrogen-bond donors (Lipinski definition) is 3. The smallest absolute Gasteiger partial charge is 0.189 e. The molecule has 19 heavy (non-hydrogen) atoms. The second kappa shape index (κ2) is 6.20. The van der Waals surface area contributed by atoms with E-state index in [0.29, 0.717) is 5.11 Å². The zero-order valence-corrected chi connectivity index (χ0v) is 11.8. The molecule has 0 bridgehead atoms. The maximum Gasteiger partial charge on any atom is 0.189 e. The minimum absolute atomic E-state index is 0.536. The third-order valence-electron chi connectivity index (χ3n) is 2.57. The maximum atomic E-state index is 5.24. The Balaban J connectivity index is 1.91. The number of thiocarbonyl (C=S) groups is 1. The van der Waals surface area contributed by atoms with E-state index in [1.165, 1.54) is 11.1 Å². The predicted octanol–water partition coefficient (Wildman–Crippen LogP) is 3.62. The van der Waals surface area contributed by atoms with E-state index in [-0.39, 0.29) is 0 Å². The topological polar surface area (TPSA) is 36.1 Å². The fourth-order valence-corrected chi connectivity index (χ4v) is 2.03. The highest BCUT2D eigenvalue weighted by Gasteiger charge is 1.99. The van der Waals surface area contributed by atoms with Crippen LogP contribution in [0.25, 0.3) is 0 Å². The molecule has 0 aliphatic carbocycles. The summed E-state index contributed by atoms with van der Waals surface area (Å²) < 4.78 is 0. The third-order valence-corrected chi connectivity index (χ3v) is 2.78. The first-order valence-electron chi connectivity index (χ1n) is 6.10. The normalized spacial score (nSPS) is 9.79. The van der Waals surface area contributed by atoms with Gasteiger partial charge in [-0.25, -0.2) is 0 Å². The van der Waals surface area contributed by atoms with Crippen molar-refractivity contribution in [1.82, 2.24) is 5.43 Å². The number of hydrazine groups is 1. The number of rotatable bonds is 3. The Morgan fingerprint density at radius 3 is 2.16 bits per heavy atom. The Kier molecular flexibility index (Phi) is 4.36. The van der Waals surface area contributed by atoms with Gasteiger partial charge in [0.1, 0.15) is 0 Å². The summed E-state index contributed by atoms with van der Waals surface area (Å²) in [4.78, 5) is 0. The monoisotopic (exact) mass is 271 g/mol. The number of para-hydroxylation sites is 1. The summed E-state index contributed by atoms with van der Waals surface area (Å²) in [6.45, 7) is 4.13. The molecule has 3 nitrogen and oxygen atoms in total. The molecule has 0 spiro atoms. The van der Waals surface area contributed by atoms with Crippen LogP contribution < -0.4 is 16.2 Å². The summed E-state index contributed by atoms with van der Waals surface area (Å²) in [5, 5.41) is 3.69. The predicted molar refractivity (Wildman–Crippen MR) is 85.3 cm³/mol. The molecule has 0 aliphatic rings. The van der Waals surface area contributed by atoms with Crippen molar-refractivity contribution in [3.8, 4) is 0 Å². The molecule has 0 aliphatic heterocycles. The fraction of sp³-hybridized carbons (Fsp3) is 0.133. The number of hydrogen-bond acceptors (Lipinski definition) is 2. The Morgan fingerprint density at radius 2 is 1.53 bits per heavy atom. The lowest BCUT2D eigenvalue weighted by molar-refractivity contribution is 1.14. The molecule has 0 fully saturated rings. The van der Waals surface area contributed by atoms with Crippen molar-refractivity contribution in [1.29, 1.82) is 0 Å². The van der Waals surface area contributed by atoms with Crippen LogP contribution in [-0.4, -0.2) is 5.11 Å². The van der Waals surface area contributed by atoms with Crippen molar-refractivity contribution in [2.45, 2.75) is 13.8 Å². The van der Waals surface area contributed by atoms with Crippen LogP contribution in [0.1, 0.15) is 11.1 Å². The molecule has 3 N–H and O–H groups in total. The summed E-state index contributed by atoms with van der Waals surface area (Å²) in [6.07, 6.45) is 0. The van der Waals surface area contributed by atoms with E-state index < -0.39 is 0 Å². The molecular weight excluding hydrogens is 254 g/mol. The van der Waals surface area contributed by atoms with Gasteiger partial charge in [-0.05, 0) is 61.5 Å². The number of benzene rings is 2. The highest BCUT2D eigenvalue weighted by molar-refractivity contribution is 7.80. The number of nitrogens with one attached hydrogen (secondary N) is 3. The highest BCUT2D eigenvalue weighted by Crippen LogP contribution is 2.13. The lowest BCUT2D eigenvalue weighted by atomic mass is 10.1. The van der Waals surface area contributed by atoms with E-state index in [0.717, 1.165) is 11.4 Å². The van der Waals surface area contributed by atoms with E-state index in [2.05, 4.69) is 48.2 Å². The average molecular weight is 271 g/mol. The minimum Gasteiger partial charge on any atom is -0.331 e. The molecule has 98 valence electrons. The zero-order valence-electron chi connectivity index (χ0n) is 11.0. The first kappa shape index (κ1) is 13.4. The van der Waals surface area contributed by atoms with Crippen LogP contribution in [0.4, 0.5) is 11.4 Å². The van der Waals surface area contributed by atoms with Gasteiger partial charge in [0.2, 0.25) is 0 Å². The van der Waals surface area contributed by atoms with E-state index in [1.54, 1.807) is 0 Å². The first-order valence-corrected chi connectivity index (χ1v) is 6.51. The minimum atomic E-state index is 0.536. The highest BCUT2D eigenvalue weighted by atomic mass is 32.1. The molecule has 2 aromatic carbocycles. The van der Waals surface area contributed by atoms with Crippen LogP contribution in [0.2, 0.25) is 0 Å². The van der Waals surface area contributed by atoms with E-state index >= 15 is 0 Å². The number of anilines is 2. The summed E-state index contributed by atoms with van der Waals surface area (Å²) in [6, 6.07) is 16.1. The molecular formula is C15H17N3S. The van der Waals surface area contributed by atoms with Gasteiger partial charge in [0.15, 0.2) is 5.11 Å². The van der Waals surface area contributed by atoms with Gasteiger partial charge in [0, 0.05) is 5.69 Å². The molecule has 0 amide bonds. The quantitative estimate of drug-likeness (QED) is 0.588. The molecule has 0 saturated carbocycles. The van der Waals surface area contributed by atoms with Crippen LogP contribution in [0, 0.1) is 13.8 Å². The maximum absolute atomic E-state index is 5.24. The molecule has 0 saturated heterocycles. The largest absolute Gasteiger partial charge is 0.331 e. The van der Waals surface area contributed by atoms with Gasteiger partial charge in [-0.3, -0.25) is 10.9 Å². The molecule has 4 heteroatoms. The first-order chi connectivity index (χ1) is 9.13. The van der Waals surface area contributed by atoms with Gasteiger partial charge >= 0.3 is 0 Å². The number of aryl methyl sites for hydroxylation is 2. The van der Waals surface area contributed by atoms with E-state index in [9.17, 15) is 0 Å². The van der Waals surface area contributed by atoms with Gasteiger partial charge in [-0.2, -0.15) is 0 Å². The fourth-order valence-electron chi connectivity index (χ4n) is 1.86. The van der Waals surface area contributed by atoms with Gasteiger partial charge in [-0.15, -0.1) is 0 Å². The Labute approximate surface area is 119 Å². The average Bonchev–Trinajstić information content (AvgIpc) is 2.36. The van der Waals surface area contributed by atoms with Crippen molar-refractivity contribution < 1.29 is 0 Å². The van der Waals surface area contributed by atoms with Gasteiger partial charge in [0.05, 0.1) is 5.69 Å². The van der Waals surface area contributed by atoms with Crippen LogP contribution >= 0.6 is 12.2 Å². The van der Waals surface area contributed by atoms with Crippen LogP contribution in [0.15, 0.2) is 48.5 Å². The van der Waals surface area contributed by atoms with Crippen molar-refractivity contribution in [2.24, 2.45) is 0 Å². The second-order valence-electron chi connectivity index (χ2n) is 4.45. The Morgan fingerprint density at radius 1 is 0.895 bits per heavy atom. The van der Waals surface area contributed by atoms with Crippen LogP contribution in [-0.2, 0) is 0 Å². The third kappa shape index (κ3) is 4.26. The Bertz CT molecular complexity index is 547. The van der Waals surface area contributed by atoms with Crippen molar-refractivity contribution in [3.63, 3.8) is 0 Å². The molecule has 0 heterocycles. The van der Waals surface area contributed by atoms with E-state index in [4.69, 9.17) is 12.2 Å². The molecule has 0 unspecified atom stereocenters.